The Hall–Kier alpha value is -1.07. The van der Waals surface area contributed by atoms with Gasteiger partial charge in [-0.1, -0.05) is 22.9 Å². The van der Waals surface area contributed by atoms with E-state index in [1.807, 2.05) is 31.2 Å². The average molecular weight is 344 g/mol. The highest BCUT2D eigenvalue weighted by Gasteiger charge is 2.10. The van der Waals surface area contributed by atoms with Crippen molar-refractivity contribution in [3.05, 3.63) is 28.7 Å². The van der Waals surface area contributed by atoms with E-state index in [2.05, 4.69) is 27.8 Å². The highest BCUT2D eigenvalue weighted by molar-refractivity contribution is 9.10. The summed E-state index contributed by atoms with van der Waals surface area (Å²) in [4.78, 5) is 13.5. The van der Waals surface area contributed by atoms with Crippen molar-refractivity contribution in [2.45, 2.75) is 20.3 Å². The molecule has 5 heteroatoms. The Morgan fingerprint density at radius 1 is 1.20 bits per heavy atom. The van der Waals surface area contributed by atoms with Crippen molar-refractivity contribution in [3.63, 3.8) is 0 Å². The Bertz CT molecular complexity index is 395. The summed E-state index contributed by atoms with van der Waals surface area (Å²) in [5, 5.41) is 0. The van der Waals surface area contributed by atoms with E-state index in [9.17, 15) is 4.79 Å². The van der Waals surface area contributed by atoms with Crippen molar-refractivity contribution in [1.29, 1.82) is 0 Å². The fraction of sp³-hybridized carbons (Fsp3) is 0.533. The zero-order chi connectivity index (χ0) is 14.8. The summed E-state index contributed by atoms with van der Waals surface area (Å²) in [5.74, 6) is 0.658. The quantitative estimate of drug-likeness (QED) is 0.646. The largest absolute Gasteiger partial charge is 0.492 e. The van der Waals surface area contributed by atoms with E-state index in [0.29, 0.717) is 26.3 Å². The number of nitrogens with zero attached hydrogens (tertiary/aromatic N) is 1. The van der Waals surface area contributed by atoms with Crippen LogP contribution in [-0.2, 0) is 9.53 Å². The summed E-state index contributed by atoms with van der Waals surface area (Å²) in [6, 6.07) is 7.72. The molecule has 0 saturated carbocycles. The second-order valence-electron chi connectivity index (χ2n) is 4.38. The molecule has 0 heterocycles. The van der Waals surface area contributed by atoms with Gasteiger partial charge in [0.15, 0.2) is 0 Å². The molecule has 0 saturated heterocycles. The van der Waals surface area contributed by atoms with E-state index in [-0.39, 0.29) is 5.97 Å². The fourth-order valence-corrected chi connectivity index (χ4v) is 2.06. The van der Waals surface area contributed by atoms with Crippen LogP contribution in [0.5, 0.6) is 5.75 Å². The molecule has 1 aromatic carbocycles. The first-order chi connectivity index (χ1) is 9.65. The van der Waals surface area contributed by atoms with Crippen LogP contribution >= 0.6 is 15.9 Å². The Balaban J connectivity index is 2.34. The first kappa shape index (κ1) is 17.0. The molecule has 20 heavy (non-hydrogen) atoms. The van der Waals surface area contributed by atoms with Crippen LogP contribution in [0.4, 0.5) is 0 Å². The fourth-order valence-electron chi connectivity index (χ4n) is 1.80. The molecule has 1 aromatic rings. The predicted molar refractivity (Wildman–Crippen MR) is 83.0 cm³/mol. The molecule has 0 aliphatic carbocycles. The van der Waals surface area contributed by atoms with Gasteiger partial charge in [0, 0.05) is 11.0 Å². The van der Waals surface area contributed by atoms with Crippen LogP contribution in [0.1, 0.15) is 20.3 Å². The van der Waals surface area contributed by atoms with E-state index in [4.69, 9.17) is 9.47 Å². The summed E-state index contributed by atoms with van der Waals surface area (Å²) < 4.78 is 11.7. The van der Waals surface area contributed by atoms with Crippen LogP contribution in [0.2, 0.25) is 0 Å². The average Bonchev–Trinajstić information content (AvgIpc) is 2.41. The highest BCUT2D eigenvalue weighted by atomic mass is 79.9. The van der Waals surface area contributed by atoms with E-state index in [1.54, 1.807) is 0 Å². The van der Waals surface area contributed by atoms with Gasteiger partial charge in [0.05, 0.1) is 13.2 Å². The minimum Gasteiger partial charge on any atom is -0.492 e. The number of hydrogen-bond donors (Lipinski definition) is 0. The zero-order valence-electron chi connectivity index (χ0n) is 12.1. The molecular weight excluding hydrogens is 322 g/mol. The van der Waals surface area contributed by atoms with Gasteiger partial charge in [-0.3, -0.25) is 9.69 Å². The van der Waals surface area contributed by atoms with Gasteiger partial charge in [-0.05, 0) is 44.2 Å². The standard InChI is InChI=1S/C15H22BrNO3/c1-3-9-17(12-15(18)19-4-2)10-11-20-14-7-5-13(16)6-8-14/h5-8H,3-4,9-12H2,1-2H3. The number of ether oxygens (including phenoxy) is 2. The maximum absolute atomic E-state index is 11.5. The lowest BCUT2D eigenvalue weighted by atomic mass is 10.3. The normalized spacial score (nSPS) is 10.6. The minimum atomic E-state index is -0.176. The lowest BCUT2D eigenvalue weighted by molar-refractivity contribution is -0.144. The lowest BCUT2D eigenvalue weighted by Gasteiger charge is -2.20. The van der Waals surface area contributed by atoms with Crippen molar-refractivity contribution in [1.82, 2.24) is 4.90 Å². The number of benzene rings is 1. The molecule has 0 unspecified atom stereocenters. The van der Waals surface area contributed by atoms with Crippen molar-refractivity contribution >= 4 is 21.9 Å². The Labute approximate surface area is 129 Å². The van der Waals surface area contributed by atoms with Gasteiger partial charge >= 0.3 is 5.97 Å². The first-order valence-corrected chi connectivity index (χ1v) is 7.71. The van der Waals surface area contributed by atoms with Crippen molar-refractivity contribution < 1.29 is 14.3 Å². The first-order valence-electron chi connectivity index (χ1n) is 6.92. The maximum atomic E-state index is 11.5. The van der Waals surface area contributed by atoms with Gasteiger partial charge < -0.3 is 9.47 Å². The van der Waals surface area contributed by atoms with Crippen LogP contribution in [-0.4, -0.2) is 43.7 Å². The van der Waals surface area contributed by atoms with Crippen LogP contribution in [0.25, 0.3) is 0 Å². The van der Waals surface area contributed by atoms with E-state index in [0.717, 1.165) is 23.2 Å². The summed E-state index contributed by atoms with van der Waals surface area (Å²) in [7, 11) is 0. The third-order valence-corrected chi connectivity index (χ3v) is 3.22. The number of hydrogen-bond acceptors (Lipinski definition) is 4. The highest BCUT2D eigenvalue weighted by Crippen LogP contribution is 2.15. The molecule has 0 bridgehead atoms. The smallest absolute Gasteiger partial charge is 0.320 e. The molecule has 112 valence electrons. The van der Waals surface area contributed by atoms with Gasteiger partial charge in [0.2, 0.25) is 0 Å². The lowest BCUT2D eigenvalue weighted by Crippen LogP contribution is -2.35. The molecule has 0 aliphatic heterocycles. The number of halogens is 1. The molecule has 0 fully saturated rings. The number of esters is 1. The van der Waals surface area contributed by atoms with Gasteiger partial charge in [-0.25, -0.2) is 0 Å². The summed E-state index contributed by atoms with van der Waals surface area (Å²) in [6.07, 6.45) is 0.998. The van der Waals surface area contributed by atoms with Crippen LogP contribution in [0.3, 0.4) is 0 Å². The monoisotopic (exact) mass is 343 g/mol. The number of rotatable bonds is 9. The molecule has 1 rings (SSSR count). The maximum Gasteiger partial charge on any atom is 0.320 e. The van der Waals surface area contributed by atoms with Gasteiger partial charge in [0.1, 0.15) is 12.4 Å². The van der Waals surface area contributed by atoms with E-state index in [1.165, 1.54) is 0 Å². The minimum absolute atomic E-state index is 0.176. The molecular formula is C15H22BrNO3. The number of carbonyl (C=O) groups is 1. The third kappa shape index (κ3) is 6.91. The molecule has 0 aromatic heterocycles. The van der Waals surface area contributed by atoms with Crippen molar-refractivity contribution in [2.24, 2.45) is 0 Å². The molecule has 0 N–H and O–H groups in total. The van der Waals surface area contributed by atoms with Crippen molar-refractivity contribution in [3.8, 4) is 5.75 Å². The SMILES string of the molecule is CCCN(CCOc1ccc(Br)cc1)CC(=O)OCC. The summed E-state index contributed by atoms with van der Waals surface area (Å²) >= 11 is 3.38. The van der Waals surface area contributed by atoms with Crippen molar-refractivity contribution in [2.75, 3.05) is 32.8 Å². The Kier molecular flexibility index (Phi) is 8.30. The molecule has 0 spiro atoms. The second-order valence-corrected chi connectivity index (χ2v) is 5.30. The van der Waals surface area contributed by atoms with Gasteiger partial charge in [0.25, 0.3) is 0 Å². The topological polar surface area (TPSA) is 38.8 Å². The summed E-state index contributed by atoms with van der Waals surface area (Å²) in [5.41, 5.74) is 0. The van der Waals surface area contributed by atoms with Crippen LogP contribution in [0.15, 0.2) is 28.7 Å². The van der Waals surface area contributed by atoms with E-state index < -0.39 is 0 Å². The molecule has 0 atom stereocenters. The third-order valence-electron chi connectivity index (χ3n) is 2.69. The Morgan fingerprint density at radius 3 is 2.50 bits per heavy atom. The van der Waals surface area contributed by atoms with E-state index >= 15 is 0 Å². The van der Waals surface area contributed by atoms with Crippen LogP contribution in [0, 0.1) is 0 Å². The summed E-state index contributed by atoms with van der Waals surface area (Å²) in [6.45, 7) is 6.79. The predicted octanol–water partition coefficient (Wildman–Crippen LogP) is 3.10. The molecule has 0 amide bonds. The molecule has 4 nitrogen and oxygen atoms in total. The second kappa shape index (κ2) is 9.77. The zero-order valence-corrected chi connectivity index (χ0v) is 13.7. The number of carbonyl (C=O) groups excluding carboxylic acids is 1. The van der Waals surface area contributed by atoms with Gasteiger partial charge in [-0.2, -0.15) is 0 Å². The Morgan fingerprint density at radius 2 is 1.90 bits per heavy atom. The molecule has 0 aliphatic rings. The molecule has 0 radical (unpaired) electrons. The van der Waals surface area contributed by atoms with Gasteiger partial charge in [-0.15, -0.1) is 0 Å². The van der Waals surface area contributed by atoms with Crippen LogP contribution < -0.4 is 4.74 Å².